The normalized spacial score (nSPS) is 17.9. The van der Waals surface area contributed by atoms with E-state index in [0.29, 0.717) is 0 Å². The average molecular weight is 157 g/mol. The van der Waals surface area contributed by atoms with Crippen LogP contribution in [0.25, 0.3) is 0 Å². The maximum absolute atomic E-state index is 3.73. The molecule has 0 spiro atoms. The van der Waals surface area contributed by atoms with Crippen molar-refractivity contribution in [1.82, 2.24) is 0 Å². The number of allylic oxidation sites excluding steroid dienone is 5. The van der Waals surface area contributed by atoms with Crippen LogP contribution in [0.5, 0.6) is 0 Å². The van der Waals surface area contributed by atoms with E-state index < -0.39 is 0 Å². The van der Waals surface area contributed by atoms with Crippen molar-refractivity contribution in [3.63, 3.8) is 0 Å². The lowest BCUT2D eigenvalue weighted by molar-refractivity contribution is 1.82. The molecule has 0 fully saturated rings. The van der Waals surface area contributed by atoms with Crippen molar-refractivity contribution in [2.75, 3.05) is 0 Å². The zero-order valence-corrected chi connectivity index (χ0v) is 5.40. The van der Waals surface area contributed by atoms with Crippen molar-refractivity contribution in [3.05, 3.63) is 34.9 Å². The van der Waals surface area contributed by atoms with Gasteiger partial charge in [0, 0.05) is 4.48 Å². The van der Waals surface area contributed by atoms with Crippen molar-refractivity contribution >= 4 is 15.9 Å². The molecule has 0 nitrogen and oxygen atoms in total. The zero-order chi connectivity index (χ0) is 5.28. The van der Waals surface area contributed by atoms with E-state index in [1.54, 1.807) is 0 Å². The highest BCUT2D eigenvalue weighted by molar-refractivity contribution is 9.12. The van der Waals surface area contributed by atoms with Crippen molar-refractivity contribution in [2.24, 2.45) is 0 Å². The maximum atomic E-state index is 3.73. The Hall–Kier alpha value is -0.300. The fourth-order valence-electron chi connectivity index (χ4n) is 0.435. The quantitative estimate of drug-likeness (QED) is 0.506. The molecule has 0 saturated heterocycles. The van der Waals surface area contributed by atoms with Crippen LogP contribution in [-0.4, -0.2) is 0 Å². The van der Waals surface area contributed by atoms with E-state index >= 15 is 0 Å². The Morgan fingerprint density at radius 1 is 1.57 bits per heavy atom. The number of hydrogen-bond donors (Lipinski definition) is 0. The van der Waals surface area contributed by atoms with Crippen LogP contribution in [-0.2, 0) is 0 Å². The first-order valence-electron chi connectivity index (χ1n) is 2.04. The lowest BCUT2D eigenvalue weighted by atomic mass is 10.3. The second-order valence-electron chi connectivity index (χ2n) is 1.40. The summed E-state index contributed by atoms with van der Waals surface area (Å²) in [6.07, 6.45) is 5.90. The third-order valence-corrected chi connectivity index (χ3v) is 1.62. The molecule has 0 amide bonds. The molecule has 1 heteroatoms. The average Bonchev–Trinajstić information content (AvgIpc) is 1.91. The minimum atomic E-state index is 1.06. The first-order chi connectivity index (χ1) is 3.30. The van der Waals surface area contributed by atoms with E-state index in [1.807, 2.05) is 18.2 Å². The van der Waals surface area contributed by atoms with Gasteiger partial charge in [0.1, 0.15) is 0 Å². The van der Waals surface area contributed by atoms with Gasteiger partial charge >= 0.3 is 0 Å². The predicted octanol–water partition coefficient (Wildman–Crippen LogP) is 2.39. The van der Waals surface area contributed by atoms with Gasteiger partial charge in [0.2, 0.25) is 0 Å². The molecule has 0 radical (unpaired) electrons. The molecule has 7 heavy (non-hydrogen) atoms. The van der Waals surface area contributed by atoms with Crippen LogP contribution in [0.2, 0.25) is 0 Å². The minimum Gasteiger partial charge on any atom is -0.0906 e. The highest BCUT2D eigenvalue weighted by Crippen LogP contribution is 2.20. The molecule has 0 aromatic carbocycles. The van der Waals surface area contributed by atoms with E-state index in [-0.39, 0.29) is 0 Å². The SMILES string of the molecule is C=C1C=CC=C1Br. The molecule has 0 saturated carbocycles. The van der Waals surface area contributed by atoms with Crippen molar-refractivity contribution in [2.45, 2.75) is 0 Å². The molecular formula is C6H5Br. The molecule has 0 aromatic heterocycles. The van der Waals surface area contributed by atoms with Crippen LogP contribution in [0.4, 0.5) is 0 Å². The van der Waals surface area contributed by atoms with Gasteiger partial charge in [0.05, 0.1) is 0 Å². The third-order valence-electron chi connectivity index (χ3n) is 0.847. The molecule has 1 aliphatic carbocycles. The number of hydrogen-bond acceptors (Lipinski definition) is 0. The molecule has 1 aliphatic rings. The Morgan fingerprint density at radius 2 is 2.29 bits per heavy atom. The summed E-state index contributed by atoms with van der Waals surface area (Å²) >= 11 is 3.30. The lowest BCUT2D eigenvalue weighted by Crippen LogP contribution is -1.62. The lowest BCUT2D eigenvalue weighted by Gasteiger charge is -1.84. The summed E-state index contributed by atoms with van der Waals surface area (Å²) in [7, 11) is 0. The predicted molar refractivity (Wildman–Crippen MR) is 35.3 cm³/mol. The van der Waals surface area contributed by atoms with Crippen LogP contribution < -0.4 is 0 Å². The molecule has 0 bridgehead atoms. The Balaban J connectivity index is 2.89. The first-order valence-corrected chi connectivity index (χ1v) is 2.83. The van der Waals surface area contributed by atoms with Crippen LogP contribution in [0.3, 0.4) is 0 Å². The van der Waals surface area contributed by atoms with Crippen LogP contribution >= 0.6 is 15.9 Å². The van der Waals surface area contributed by atoms with Crippen LogP contribution in [0.15, 0.2) is 34.9 Å². The van der Waals surface area contributed by atoms with Crippen molar-refractivity contribution in [3.8, 4) is 0 Å². The second-order valence-corrected chi connectivity index (χ2v) is 2.25. The minimum absolute atomic E-state index is 1.06. The summed E-state index contributed by atoms with van der Waals surface area (Å²) in [6, 6.07) is 0. The fraction of sp³-hybridized carbons (Fsp3) is 0. The van der Waals surface area contributed by atoms with Crippen LogP contribution in [0.1, 0.15) is 0 Å². The molecule has 1 rings (SSSR count). The largest absolute Gasteiger partial charge is 0.0906 e. The summed E-state index contributed by atoms with van der Waals surface area (Å²) in [5, 5.41) is 0. The molecule has 0 N–H and O–H groups in total. The molecule has 0 heterocycles. The Kier molecular flexibility index (Phi) is 1.15. The first kappa shape index (κ1) is 4.85. The summed E-state index contributed by atoms with van der Waals surface area (Å²) in [4.78, 5) is 0. The van der Waals surface area contributed by atoms with Gasteiger partial charge < -0.3 is 0 Å². The molecule has 0 aromatic rings. The molecule has 0 atom stereocenters. The van der Waals surface area contributed by atoms with E-state index in [2.05, 4.69) is 22.5 Å². The van der Waals surface area contributed by atoms with Gasteiger partial charge in [-0.15, -0.1) is 0 Å². The summed E-state index contributed by atoms with van der Waals surface area (Å²) in [6.45, 7) is 3.73. The van der Waals surface area contributed by atoms with E-state index in [1.165, 1.54) is 0 Å². The standard InChI is InChI=1S/C6H5Br/c1-5-3-2-4-6(5)7/h2-4H,1H2. The summed E-state index contributed by atoms with van der Waals surface area (Å²) in [5.41, 5.74) is 1.06. The molecular weight excluding hydrogens is 152 g/mol. The summed E-state index contributed by atoms with van der Waals surface area (Å²) < 4.78 is 1.09. The molecule has 36 valence electrons. The Labute approximate surface area is 51.4 Å². The van der Waals surface area contributed by atoms with Crippen molar-refractivity contribution < 1.29 is 0 Å². The van der Waals surface area contributed by atoms with E-state index in [0.717, 1.165) is 10.1 Å². The summed E-state index contributed by atoms with van der Waals surface area (Å²) in [5.74, 6) is 0. The van der Waals surface area contributed by atoms with E-state index in [4.69, 9.17) is 0 Å². The van der Waals surface area contributed by atoms with Gasteiger partial charge in [-0.25, -0.2) is 0 Å². The Morgan fingerprint density at radius 3 is 2.43 bits per heavy atom. The molecule has 0 aliphatic heterocycles. The Bertz CT molecular complexity index is 152. The maximum Gasteiger partial charge on any atom is 0.0241 e. The van der Waals surface area contributed by atoms with Gasteiger partial charge in [-0.1, -0.05) is 34.7 Å². The highest BCUT2D eigenvalue weighted by atomic mass is 79.9. The fourth-order valence-corrected chi connectivity index (χ4v) is 0.720. The monoisotopic (exact) mass is 156 g/mol. The number of rotatable bonds is 0. The molecule has 0 unspecified atom stereocenters. The van der Waals surface area contributed by atoms with Gasteiger partial charge in [-0.3, -0.25) is 0 Å². The topological polar surface area (TPSA) is 0 Å². The second kappa shape index (κ2) is 1.66. The number of halogens is 1. The van der Waals surface area contributed by atoms with Crippen molar-refractivity contribution in [1.29, 1.82) is 0 Å². The van der Waals surface area contributed by atoms with E-state index in [9.17, 15) is 0 Å². The smallest absolute Gasteiger partial charge is 0.0241 e. The van der Waals surface area contributed by atoms with Gasteiger partial charge in [0.25, 0.3) is 0 Å². The van der Waals surface area contributed by atoms with Gasteiger partial charge in [-0.05, 0) is 11.6 Å². The highest BCUT2D eigenvalue weighted by Gasteiger charge is 1.95. The van der Waals surface area contributed by atoms with Crippen LogP contribution in [0, 0.1) is 0 Å². The third kappa shape index (κ3) is 0.829. The van der Waals surface area contributed by atoms with Gasteiger partial charge in [0.15, 0.2) is 0 Å². The van der Waals surface area contributed by atoms with Gasteiger partial charge in [-0.2, -0.15) is 0 Å². The zero-order valence-electron chi connectivity index (χ0n) is 3.82.